The number of furan rings is 1. The van der Waals surface area contributed by atoms with Gasteiger partial charge in [0, 0.05) is 42.5 Å². The minimum atomic E-state index is -0.436. The molecule has 1 aliphatic rings. The molecule has 5 rings (SSSR count). The molecule has 0 aliphatic carbocycles. The predicted molar refractivity (Wildman–Crippen MR) is 152 cm³/mol. The van der Waals surface area contributed by atoms with Crippen LogP contribution in [0.1, 0.15) is 41.1 Å². The van der Waals surface area contributed by atoms with E-state index >= 15 is 0 Å². The number of nitro groups is 1. The molecule has 2 aromatic heterocycles. The molecular weight excluding hydrogens is 514 g/mol. The highest BCUT2D eigenvalue weighted by Gasteiger charge is 2.41. The van der Waals surface area contributed by atoms with Gasteiger partial charge < -0.3 is 20.0 Å². The van der Waals surface area contributed by atoms with Crippen molar-refractivity contribution in [2.45, 2.75) is 32.4 Å². The number of rotatable bonds is 8. The molecule has 2 aromatic carbocycles. The van der Waals surface area contributed by atoms with Crippen LogP contribution in [-0.4, -0.2) is 32.4 Å². The second-order valence-corrected chi connectivity index (χ2v) is 9.83. The van der Waals surface area contributed by atoms with Gasteiger partial charge >= 0.3 is 0 Å². The van der Waals surface area contributed by atoms with Gasteiger partial charge in [-0.2, -0.15) is 0 Å². The van der Waals surface area contributed by atoms with Crippen LogP contribution in [0, 0.1) is 24.0 Å². The standard InChI is InChI=1S/C29H27N5O4S/c1-18-9-10-19(2)23(16-18)31-26(35)13-15-33-28(27(32-29(33)39)22-8-3-4-14-30-22)25-12-11-24(38-25)20-6-5-7-21(17-20)34(36)37/h3-12,14,16-17,27-28H,13,15H2,1-2H3,(H,31,35)(H,32,39)/t27-,28+/m1/s1. The number of hydrogen-bond donors (Lipinski definition) is 2. The van der Waals surface area contributed by atoms with Crippen LogP contribution in [0.4, 0.5) is 11.4 Å². The lowest BCUT2D eigenvalue weighted by atomic mass is 10.0. The first-order valence-corrected chi connectivity index (χ1v) is 12.9. The Bertz CT molecular complexity index is 1540. The summed E-state index contributed by atoms with van der Waals surface area (Å²) in [6.45, 7) is 4.29. The molecule has 4 aromatic rings. The van der Waals surface area contributed by atoms with E-state index in [1.807, 2.05) is 61.2 Å². The fourth-order valence-corrected chi connectivity index (χ4v) is 5.03. The Morgan fingerprint density at radius 1 is 1.13 bits per heavy atom. The molecule has 9 nitrogen and oxygen atoms in total. The zero-order chi connectivity index (χ0) is 27.5. The highest BCUT2D eigenvalue weighted by molar-refractivity contribution is 7.80. The predicted octanol–water partition coefficient (Wildman–Crippen LogP) is 5.87. The fourth-order valence-electron chi connectivity index (χ4n) is 4.70. The smallest absolute Gasteiger partial charge is 0.270 e. The summed E-state index contributed by atoms with van der Waals surface area (Å²) >= 11 is 5.70. The lowest BCUT2D eigenvalue weighted by Crippen LogP contribution is -2.32. The van der Waals surface area contributed by atoms with E-state index in [9.17, 15) is 14.9 Å². The van der Waals surface area contributed by atoms with Crippen LogP contribution >= 0.6 is 12.2 Å². The second-order valence-electron chi connectivity index (χ2n) is 9.45. The van der Waals surface area contributed by atoms with Crippen molar-refractivity contribution in [3.63, 3.8) is 0 Å². The number of aryl methyl sites for hydroxylation is 2. The first-order valence-electron chi connectivity index (χ1n) is 12.5. The Balaban J connectivity index is 1.41. The first-order chi connectivity index (χ1) is 18.8. The monoisotopic (exact) mass is 541 g/mol. The number of carbonyl (C=O) groups is 1. The molecule has 3 heterocycles. The maximum Gasteiger partial charge on any atom is 0.270 e. The Kier molecular flexibility index (Phi) is 7.38. The number of nitrogens with one attached hydrogen (secondary N) is 2. The zero-order valence-electron chi connectivity index (χ0n) is 21.5. The van der Waals surface area contributed by atoms with E-state index < -0.39 is 4.92 Å². The van der Waals surface area contributed by atoms with Gasteiger partial charge in [0.25, 0.3) is 5.69 Å². The van der Waals surface area contributed by atoms with Crippen molar-refractivity contribution >= 4 is 34.6 Å². The number of nitrogens with zero attached hydrogens (tertiary/aromatic N) is 3. The van der Waals surface area contributed by atoms with Crippen molar-refractivity contribution in [1.82, 2.24) is 15.2 Å². The maximum atomic E-state index is 12.9. The first kappa shape index (κ1) is 26.1. The lowest BCUT2D eigenvalue weighted by Gasteiger charge is -2.26. The van der Waals surface area contributed by atoms with Crippen molar-refractivity contribution in [3.05, 3.63) is 112 Å². The van der Waals surface area contributed by atoms with Gasteiger partial charge in [-0.1, -0.05) is 30.3 Å². The summed E-state index contributed by atoms with van der Waals surface area (Å²) < 4.78 is 6.26. The van der Waals surface area contributed by atoms with E-state index in [0.29, 0.717) is 28.7 Å². The topological polar surface area (TPSA) is 114 Å². The number of anilines is 1. The number of nitro benzene ring substituents is 1. The molecule has 10 heteroatoms. The fraction of sp³-hybridized carbons (Fsp3) is 0.207. The Hall–Kier alpha value is -4.57. The third-order valence-electron chi connectivity index (χ3n) is 6.70. The van der Waals surface area contributed by atoms with E-state index in [2.05, 4.69) is 15.6 Å². The molecular formula is C29H27N5O4S. The van der Waals surface area contributed by atoms with Gasteiger partial charge in [-0.15, -0.1) is 0 Å². The number of carbonyl (C=O) groups excluding carboxylic acids is 1. The number of hydrogen-bond acceptors (Lipinski definition) is 6. The molecule has 0 unspecified atom stereocenters. The summed E-state index contributed by atoms with van der Waals surface area (Å²) in [4.78, 5) is 30.2. The van der Waals surface area contributed by atoms with Crippen molar-refractivity contribution in [2.24, 2.45) is 0 Å². The molecule has 1 fully saturated rings. The second kappa shape index (κ2) is 11.0. The molecule has 1 amide bonds. The highest BCUT2D eigenvalue weighted by Crippen LogP contribution is 2.40. The van der Waals surface area contributed by atoms with Crippen LogP contribution in [-0.2, 0) is 4.79 Å². The van der Waals surface area contributed by atoms with E-state index in [1.165, 1.54) is 12.1 Å². The largest absolute Gasteiger partial charge is 0.459 e. The Morgan fingerprint density at radius 2 is 1.97 bits per heavy atom. The molecule has 1 saturated heterocycles. The van der Waals surface area contributed by atoms with Gasteiger partial charge in [-0.25, -0.2) is 0 Å². The molecule has 0 saturated carbocycles. The average molecular weight is 542 g/mol. The summed E-state index contributed by atoms with van der Waals surface area (Å²) in [5, 5.41) is 18.1. The Morgan fingerprint density at radius 3 is 2.74 bits per heavy atom. The van der Waals surface area contributed by atoms with E-state index in [-0.39, 0.29) is 30.1 Å². The summed E-state index contributed by atoms with van der Waals surface area (Å²) in [5.41, 5.74) is 4.20. The van der Waals surface area contributed by atoms with Crippen molar-refractivity contribution < 1.29 is 14.1 Å². The third kappa shape index (κ3) is 5.65. The number of thiocarbonyl (C=S) groups is 1. The summed E-state index contributed by atoms with van der Waals surface area (Å²) in [6.07, 6.45) is 1.92. The minimum absolute atomic E-state index is 0.0167. The minimum Gasteiger partial charge on any atom is -0.459 e. The van der Waals surface area contributed by atoms with Crippen molar-refractivity contribution in [2.75, 3.05) is 11.9 Å². The number of benzene rings is 2. The van der Waals surface area contributed by atoms with Gasteiger partial charge in [-0.05, 0) is 67.5 Å². The lowest BCUT2D eigenvalue weighted by molar-refractivity contribution is -0.384. The summed E-state index contributed by atoms with van der Waals surface area (Å²) in [6, 6.07) is 20.8. The average Bonchev–Trinajstić information content (AvgIpc) is 3.54. The van der Waals surface area contributed by atoms with Gasteiger partial charge in [0.2, 0.25) is 5.91 Å². The maximum absolute atomic E-state index is 12.9. The van der Waals surface area contributed by atoms with Crippen molar-refractivity contribution in [3.8, 4) is 11.3 Å². The van der Waals surface area contributed by atoms with Crippen LogP contribution in [0.3, 0.4) is 0 Å². The molecule has 2 N–H and O–H groups in total. The number of pyridine rings is 1. The van der Waals surface area contributed by atoms with Crippen LogP contribution in [0.5, 0.6) is 0 Å². The number of aromatic nitrogens is 1. The van der Waals surface area contributed by atoms with Crippen LogP contribution < -0.4 is 10.6 Å². The van der Waals surface area contributed by atoms with E-state index in [0.717, 1.165) is 22.5 Å². The Labute approximate surface area is 231 Å². The quantitative estimate of drug-likeness (QED) is 0.162. The highest BCUT2D eigenvalue weighted by atomic mass is 32.1. The van der Waals surface area contributed by atoms with E-state index in [1.54, 1.807) is 24.4 Å². The van der Waals surface area contributed by atoms with Gasteiger partial charge in [-0.3, -0.25) is 19.9 Å². The van der Waals surface area contributed by atoms with E-state index in [4.69, 9.17) is 16.6 Å². The molecule has 39 heavy (non-hydrogen) atoms. The molecule has 2 atom stereocenters. The van der Waals surface area contributed by atoms with Crippen molar-refractivity contribution in [1.29, 1.82) is 0 Å². The summed E-state index contributed by atoms with van der Waals surface area (Å²) in [5.74, 6) is 0.983. The molecule has 0 radical (unpaired) electrons. The number of non-ortho nitro benzene ring substituents is 1. The normalized spacial score (nSPS) is 16.7. The SMILES string of the molecule is Cc1ccc(C)c(NC(=O)CCN2C(=S)N[C@H](c3ccccn3)[C@@H]2c2ccc(-c3cccc([N+](=O)[O-])c3)o2)c1. The van der Waals surface area contributed by atoms with Gasteiger partial charge in [0.1, 0.15) is 17.6 Å². The van der Waals surface area contributed by atoms with Crippen LogP contribution in [0.15, 0.2) is 83.4 Å². The molecule has 198 valence electrons. The van der Waals surface area contributed by atoms with Gasteiger partial charge in [0.15, 0.2) is 5.11 Å². The van der Waals surface area contributed by atoms with Gasteiger partial charge in [0.05, 0.1) is 16.7 Å². The van der Waals surface area contributed by atoms with Crippen LogP contribution in [0.2, 0.25) is 0 Å². The molecule has 1 aliphatic heterocycles. The summed E-state index contributed by atoms with van der Waals surface area (Å²) in [7, 11) is 0. The van der Waals surface area contributed by atoms with Crippen LogP contribution in [0.25, 0.3) is 11.3 Å². The molecule has 0 bridgehead atoms. The number of amides is 1. The zero-order valence-corrected chi connectivity index (χ0v) is 22.3. The molecule has 0 spiro atoms. The third-order valence-corrected chi connectivity index (χ3v) is 7.06.